The van der Waals surface area contributed by atoms with Crippen LogP contribution in [0, 0.1) is 0 Å². The number of hydrogen-bond donors (Lipinski definition) is 0. The molecule has 2 aromatic heterocycles. The molecule has 0 N–H and O–H groups in total. The standard InChI is InChI=1S/C16H10N2OSe/c19-16-12-5-1-2-9-15(12)20-18(16)14-8-3-7-13-11(14)6-4-10-17-13/h1-10H. The molecule has 0 aliphatic carbocycles. The summed E-state index contributed by atoms with van der Waals surface area (Å²) in [5.41, 5.74) is 1.97. The fourth-order valence-electron chi connectivity index (χ4n) is 2.39. The molecule has 0 saturated carbocycles. The Labute approximate surface area is 121 Å². The second kappa shape index (κ2) is 4.44. The van der Waals surface area contributed by atoms with Crippen molar-refractivity contribution in [3.05, 3.63) is 71.1 Å². The van der Waals surface area contributed by atoms with Gasteiger partial charge < -0.3 is 0 Å². The van der Waals surface area contributed by atoms with E-state index in [4.69, 9.17) is 0 Å². The van der Waals surface area contributed by atoms with Gasteiger partial charge in [-0.15, -0.1) is 0 Å². The Morgan fingerprint density at radius 2 is 1.75 bits per heavy atom. The molecule has 3 nitrogen and oxygen atoms in total. The van der Waals surface area contributed by atoms with E-state index in [1.807, 2.05) is 58.2 Å². The van der Waals surface area contributed by atoms with Crippen LogP contribution >= 0.6 is 0 Å². The third kappa shape index (κ3) is 1.66. The Morgan fingerprint density at radius 3 is 2.65 bits per heavy atom. The number of aromatic nitrogens is 2. The Balaban J connectivity index is 2.12. The molecule has 0 aliphatic rings. The molecule has 0 atom stereocenters. The maximum absolute atomic E-state index is 12.6. The van der Waals surface area contributed by atoms with Crippen LogP contribution in [0.5, 0.6) is 0 Å². The second-order valence-corrected chi connectivity index (χ2v) is 6.61. The van der Waals surface area contributed by atoms with Gasteiger partial charge in [0.2, 0.25) is 0 Å². The van der Waals surface area contributed by atoms with Gasteiger partial charge in [-0.1, -0.05) is 0 Å². The van der Waals surface area contributed by atoms with Crippen LogP contribution in [0.25, 0.3) is 26.2 Å². The van der Waals surface area contributed by atoms with Crippen LogP contribution in [0.2, 0.25) is 0 Å². The molecule has 2 aromatic carbocycles. The monoisotopic (exact) mass is 326 g/mol. The quantitative estimate of drug-likeness (QED) is 0.504. The first-order valence-corrected chi connectivity index (χ1v) is 7.92. The van der Waals surface area contributed by atoms with E-state index in [2.05, 4.69) is 4.98 Å². The van der Waals surface area contributed by atoms with Crippen LogP contribution < -0.4 is 5.56 Å². The van der Waals surface area contributed by atoms with E-state index >= 15 is 0 Å². The first-order chi connectivity index (χ1) is 9.84. The minimum absolute atomic E-state index is 0.00218. The van der Waals surface area contributed by atoms with Gasteiger partial charge in [0.15, 0.2) is 0 Å². The van der Waals surface area contributed by atoms with Crippen molar-refractivity contribution in [3.8, 4) is 5.69 Å². The number of hydrogen-bond acceptors (Lipinski definition) is 2. The molecule has 0 radical (unpaired) electrons. The van der Waals surface area contributed by atoms with Gasteiger partial charge in [0.25, 0.3) is 0 Å². The van der Waals surface area contributed by atoms with Crippen LogP contribution in [0.3, 0.4) is 0 Å². The Kier molecular flexibility index (Phi) is 2.59. The number of nitrogens with zero attached hydrogens (tertiary/aromatic N) is 2. The number of benzene rings is 2. The SMILES string of the molecule is O=c1c2ccccc2[se]n1-c1cccc2ncccc12. The average molecular weight is 325 g/mol. The normalized spacial score (nSPS) is 11.2. The van der Waals surface area contributed by atoms with Crippen molar-refractivity contribution in [1.29, 1.82) is 0 Å². The average Bonchev–Trinajstić information content (AvgIpc) is 2.84. The molecule has 0 unspecified atom stereocenters. The molecular formula is C16H10N2OSe. The number of rotatable bonds is 1. The summed E-state index contributed by atoms with van der Waals surface area (Å²) in [6.45, 7) is 0. The van der Waals surface area contributed by atoms with Crippen molar-refractivity contribution in [2.45, 2.75) is 0 Å². The van der Waals surface area contributed by atoms with Crippen LogP contribution in [0.15, 0.2) is 65.6 Å². The van der Waals surface area contributed by atoms with E-state index in [9.17, 15) is 4.79 Å². The summed E-state index contributed by atoms with van der Waals surface area (Å²) in [5.74, 6) is 0. The van der Waals surface area contributed by atoms with Crippen LogP contribution in [0.4, 0.5) is 0 Å². The molecule has 4 aromatic rings. The molecular weight excluding hydrogens is 315 g/mol. The van der Waals surface area contributed by atoms with Crippen molar-refractivity contribution in [1.82, 2.24) is 8.55 Å². The molecule has 2 heterocycles. The second-order valence-electron chi connectivity index (χ2n) is 4.53. The summed E-state index contributed by atoms with van der Waals surface area (Å²) in [7, 11) is 0. The first-order valence-electron chi connectivity index (χ1n) is 6.30. The minimum atomic E-state index is -0.00218. The van der Waals surface area contributed by atoms with Gasteiger partial charge in [-0.3, -0.25) is 0 Å². The molecule has 0 saturated heterocycles. The summed E-state index contributed by atoms with van der Waals surface area (Å²) < 4.78 is 3.03. The van der Waals surface area contributed by atoms with E-state index in [-0.39, 0.29) is 20.3 Å². The molecule has 96 valence electrons. The van der Waals surface area contributed by atoms with E-state index < -0.39 is 0 Å². The predicted molar refractivity (Wildman–Crippen MR) is 81.8 cm³/mol. The zero-order valence-corrected chi connectivity index (χ0v) is 12.2. The fraction of sp³-hybridized carbons (Fsp3) is 0. The van der Waals surface area contributed by atoms with Gasteiger partial charge >= 0.3 is 121 Å². The molecule has 0 aliphatic heterocycles. The van der Waals surface area contributed by atoms with E-state index in [0.29, 0.717) is 0 Å². The van der Waals surface area contributed by atoms with Crippen molar-refractivity contribution in [2.75, 3.05) is 0 Å². The molecule has 4 rings (SSSR count). The van der Waals surface area contributed by atoms with E-state index in [0.717, 1.165) is 26.2 Å². The topological polar surface area (TPSA) is 34.9 Å². The predicted octanol–water partition coefficient (Wildman–Crippen LogP) is 2.60. The third-order valence-corrected chi connectivity index (χ3v) is 5.64. The zero-order valence-electron chi connectivity index (χ0n) is 10.5. The van der Waals surface area contributed by atoms with Crippen LogP contribution in [0.1, 0.15) is 0 Å². The van der Waals surface area contributed by atoms with Crippen molar-refractivity contribution < 1.29 is 0 Å². The Bertz CT molecular complexity index is 979. The van der Waals surface area contributed by atoms with E-state index in [1.54, 1.807) is 6.20 Å². The van der Waals surface area contributed by atoms with Gasteiger partial charge in [0.1, 0.15) is 0 Å². The van der Waals surface area contributed by atoms with Crippen LogP contribution in [-0.2, 0) is 0 Å². The zero-order chi connectivity index (χ0) is 13.5. The van der Waals surface area contributed by atoms with Crippen molar-refractivity contribution in [2.24, 2.45) is 0 Å². The van der Waals surface area contributed by atoms with Gasteiger partial charge in [-0.2, -0.15) is 0 Å². The van der Waals surface area contributed by atoms with Crippen molar-refractivity contribution in [3.63, 3.8) is 0 Å². The summed E-state index contributed by atoms with van der Waals surface area (Å²) in [4.78, 5) is 16.9. The van der Waals surface area contributed by atoms with Crippen LogP contribution in [-0.4, -0.2) is 23.3 Å². The third-order valence-electron chi connectivity index (χ3n) is 3.33. The van der Waals surface area contributed by atoms with Crippen molar-refractivity contribution >= 4 is 35.3 Å². The number of fused-ring (bicyclic) bond motifs is 2. The summed E-state index contributed by atoms with van der Waals surface area (Å²) in [6.07, 6.45) is 1.78. The van der Waals surface area contributed by atoms with Gasteiger partial charge in [-0.05, 0) is 0 Å². The molecule has 20 heavy (non-hydrogen) atoms. The van der Waals surface area contributed by atoms with E-state index in [1.165, 1.54) is 0 Å². The summed E-state index contributed by atoms with van der Waals surface area (Å²) >= 11 is -0.00218. The van der Waals surface area contributed by atoms with Gasteiger partial charge in [0, 0.05) is 0 Å². The molecule has 0 spiro atoms. The Hall–Kier alpha value is -2.16. The number of pyridine rings is 1. The summed E-state index contributed by atoms with van der Waals surface area (Å²) in [5, 5.41) is 1.85. The van der Waals surface area contributed by atoms with Gasteiger partial charge in [0.05, 0.1) is 0 Å². The summed E-state index contributed by atoms with van der Waals surface area (Å²) in [6, 6.07) is 17.7. The Morgan fingerprint density at radius 1 is 0.900 bits per heavy atom. The molecule has 0 bridgehead atoms. The molecule has 4 heteroatoms. The molecule has 0 fully saturated rings. The van der Waals surface area contributed by atoms with Gasteiger partial charge in [-0.25, -0.2) is 0 Å². The fourth-order valence-corrected chi connectivity index (χ4v) is 4.55. The first kappa shape index (κ1) is 11.6. The molecule has 0 amide bonds. The maximum atomic E-state index is 12.6.